The van der Waals surface area contributed by atoms with Crippen molar-refractivity contribution < 1.29 is 23.9 Å². The predicted octanol–water partition coefficient (Wildman–Crippen LogP) is 3.95. The van der Waals surface area contributed by atoms with Crippen LogP contribution in [0.15, 0.2) is 83.3 Å². The Kier molecular flexibility index (Phi) is 7.84. The van der Waals surface area contributed by atoms with Gasteiger partial charge in [-0.3, -0.25) is 14.4 Å². The smallest absolute Gasteiger partial charge is 0.338 e. The number of carbonyl (C=O) groups is 4. The molecule has 0 radical (unpaired) electrons. The van der Waals surface area contributed by atoms with Gasteiger partial charge in [-0.25, -0.2) is 9.69 Å². The maximum absolute atomic E-state index is 12.8. The first-order valence-electron chi connectivity index (χ1n) is 11.1. The van der Waals surface area contributed by atoms with Gasteiger partial charge in [0, 0.05) is 10.0 Å². The molecule has 0 bridgehead atoms. The molecule has 1 N–H and O–H groups in total. The lowest BCUT2D eigenvalue weighted by atomic mass is 10.1. The largest absolute Gasteiger partial charge is 0.454 e. The fourth-order valence-electron chi connectivity index (χ4n) is 3.78. The summed E-state index contributed by atoms with van der Waals surface area (Å²) in [5.74, 6) is -1.61. The van der Waals surface area contributed by atoms with Crippen LogP contribution in [0.5, 0.6) is 0 Å². The lowest BCUT2D eigenvalue weighted by Gasteiger charge is -2.16. The summed E-state index contributed by atoms with van der Waals surface area (Å²) in [5, 5.41) is 3.16. The molecule has 0 aromatic heterocycles. The van der Waals surface area contributed by atoms with Gasteiger partial charge in [-0.1, -0.05) is 58.4 Å². The minimum absolute atomic E-state index is 0.0790. The van der Waals surface area contributed by atoms with E-state index in [-0.39, 0.29) is 36.2 Å². The molecule has 35 heavy (non-hydrogen) atoms. The van der Waals surface area contributed by atoms with Crippen molar-refractivity contribution in [1.82, 2.24) is 5.32 Å². The van der Waals surface area contributed by atoms with Crippen LogP contribution >= 0.6 is 15.9 Å². The van der Waals surface area contributed by atoms with Gasteiger partial charge in [-0.15, -0.1) is 0 Å². The van der Waals surface area contributed by atoms with E-state index in [9.17, 15) is 19.2 Å². The quantitative estimate of drug-likeness (QED) is 0.254. The number of esters is 1. The maximum Gasteiger partial charge on any atom is 0.338 e. The molecular weight excluding hydrogens is 512 g/mol. The topological polar surface area (TPSA) is 92.8 Å². The first-order valence-corrected chi connectivity index (χ1v) is 11.9. The number of anilines is 1. The van der Waals surface area contributed by atoms with E-state index in [4.69, 9.17) is 4.74 Å². The summed E-state index contributed by atoms with van der Waals surface area (Å²) in [5.41, 5.74) is 2.19. The molecule has 1 saturated heterocycles. The van der Waals surface area contributed by atoms with Gasteiger partial charge >= 0.3 is 5.97 Å². The maximum atomic E-state index is 12.8. The van der Waals surface area contributed by atoms with Crippen molar-refractivity contribution >= 4 is 45.2 Å². The average Bonchev–Trinajstić information content (AvgIpc) is 3.16. The monoisotopic (exact) mass is 534 g/mol. The number of imide groups is 1. The molecule has 1 atom stereocenters. The first kappa shape index (κ1) is 24.5. The first-order chi connectivity index (χ1) is 16.9. The van der Waals surface area contributed by atoms with Crippen LogP contribution < -0.4 is 10.2 Å². The zero-order valence-electron chi connectivity index (χ0n) is 18.8. The van der Waals surface area contributed by atoms with Gasteiger partial charge in [0.25, 0.3) is 5.91 Å². The number of rotatable bonds is 9. The van der Waals surface area contributed by atoms with E-state index in [1.54, 1.807) is 24.3 Å². The van der Waals surface area contributed by atoms with Crippen LogP contribution in [0, 0.1) is 0 Å². The van der Waals surface area contributed by atoms with E-state index in [1.807, 2.05) is 30.3 Å². The number of Topliss-reactive ketones (excluding diaryl/α,β-unsaturated/α-hetero) is 1. The van der Waals surface area contributed by atoms with Crippen molar-refractivity contribution in [2.75, 3.05) is 18.1 Å². The molecule has 4 rings (SSSR count). The Bertz CT molecular complexity index is 1230. The Morgan fingerprint density at radius 2 is 1.57 bits per heavy atom. The number of nitrogens with zero attached hydrogens (tertiary/aromatic N) is 1. The van der Waals surface area contributed by atoms with Gasteiger partial charge < -0.3 is 10.1 Å². The van der Waals surface area contributed by atoms with Gasteiger partial charge in [0.2, 0.25) is 5.91 Å². The predicted molar refractivity (Wildman–Crippen MR) is 134 cm³/mol. The molecular formula is C27H23BrN2O5. The number of ketones is 1. The highest BCUT2D eigenvalue weighted by Crippen LogP contribution is 2.23. The molecule has 3 aromatic carbocycles. The van der Waals surface area contributed by atoms with Crippen molar-refractivity contribution in [2.45, 2.75) is 18.9 Å². The number of nitrogens with one attached hydrogen (secondary N) is 1. The molecule has 7 nitrogen and oxygen atoms in total. The van der Waals surface area contributed by atoms with E-state index in [1.165, 1.54) is 24.3 Å². The minimum Gasteiger partial charge on any atom is -0.454 e. The highest BCUT2D eigenvalue weighted by atomic mass is 79.9. The van der Waals surface area contributed by atoms with Crippen LogP contribution in [0.25, 0.3) is 0 Å². The Labute approximate surface area is 211 Å². The summed E-state index contributed by atoms with van der Waals surface area (Å²) in [6.45, 7) is 0.187. The number of benzene rings is 3. The number of hydrogen-bond donors (Lipinski definition) is 1. The molecule has 1 aliphatic heterocycles. The summed E-state index contributed by atoms with van der Waals surface area (Å²) in [7, 11) is 0. The summed E-state index contributed by atoms with van der Waals surface area (Å²) in [6.07, 6.45) is 0.829. The van der Waals surface area contributed by atoms with Crippen molar-refractivity contribution in [2.24, 2.45) is 0 Å². The van der Waals surface area contributed by atoms with Crippen LogP contribution in [0.4, 0.5) is 5.69 Å². The van der Waals surface area contributed by atoms with Crippen molar-refractivity contribution in [3.63, 3.8) is 0 Å². The lowest BCUT2D eigenvalue weighted by molar-refractivity contribution is -0.121. The molecule has 0 spiro atoms. The van der Waals surface area contributed by atoms with Crippen LogP contribution in [-0.4, -0.2) is 42.8 Å². The molecule has 1 heterocycles. The van der Waals surface area contributed by atoms with Gasteiger partial charge in [0.05, 0.1) is 23.7 Å². The number of carbonyl (C=O) groups excluding carboxylic acids is 4. The second-order valence-corrected chi connectivity index (χ2v) is 8.98. The molecule has 0 aliphatic carbocycles. The normalized spacial score (nSPS) is 15.3. The Morgan fingerprint density at radius 3 is 2.26 bits per heavy atom. The third-order valence-electron chi connectivity index (χ3n) is 5.66. The van der Waals surface area contributed by atoms with E-state index in [2.05, 4.69) is 21.2 Å². The summed E-state index contributed by atoms with van der Waals surface area (Å²) >= 11 is 3.30. The van der Waals surface area contributed by atoms with E-state index in [0.717, 1.165) is 21.4 Å². The Hall–Kier alpha value is -3.62. The number of ether oxygens (including phenoxy) is 1. The van der Waals surface area contributed by atoms with Crippen LogP contribution in [0.2, 0.25) is 0 Å². The highest BCUT2D eigenvalue weighted by molar-refractivity contribution is 9.10. The zero-order chi connectivity index (χ0) is 24.8. The fraction of sp³-hybridized carbons (Fsp3) is 0.185. The average molecular weight is 535 g/mol. The van der Waals surface area contributed by atoms with Gasteiger partial charge in [-0.2, -0.15) is 0 Å². The van der Waals surface area contributed by atoms with Gasteiger partial charge in [0.1, 0.15) is 0 Å². The minimum atomic E-state index is -0.665. The van der Waals surface area contributed by atoms with Gasteiger partial charge in [-0.05, 0) is 54.9 Å². The molecule has 1 fully saturated rings. The molecule has 1 unspecified atom stereocenters. The van der Waals surface area contributed by atoms with Crippen molar-refractivity contribution in [3.05, 3.63) is 100 Å². The third-order valence-corrected chi connectivity index (χ3v) is 6.18. The fourth-order valence-corrected chi connectivity index (χ4v) is 4.04. The molecule has 3 aromatic rings. The molecule has 8 heteroatoms. The second kappa shape index (κ2) is 11.2. The van der Waals surface area contributed by atoms with Crippen molar-refractivity contribution in [3.8, 4) is 0 Å². The zero-order valence-corrected chi connectivity index (χ0v) is 20.4. The molecule has 178 valence electrons. The summed E-state index contributed by atoms with van der Waals surface area (Å²) in [4.78, 5) is 51.0. The van der Waals surface area contributed by atoms with E-state index < -0.39 is 12.0 Å². The van der Waals surface area contributed by atoms with Gasteiger partial charge in [0.15, 0.2) is 12.4 Å². The lowest BCUT2D eigenvalue weighted by Crippen LogP contribution is -2.39. The summed E-state index contributed by atoms with van der Waals surface area (Å²) in [6, 6.07) is 22.0. The number of halogens is 1. The Balaban J connectivity index is 1.31. The highest BCUT2D eigenvalue weighted by Gasteiger charge is 2.39. The molecule has 2 amide bonds. The number of amides is 2. The standard InChI is InChI=1S/C27H23BrN2O5/c28-21-10-6-19(7-11-21)24(31)17-35-27(34)20-8-12-22(13-9-20)30-25(32)16-23(26(30)33)29-15-14-18-4-2-1-3-5-18/h1-13,23,29H,14-17H2. The second-order valence-electron chi connectivity index (χ2n) is 8.07. The third kappa shape index (κ3) is 6.09. The molecule has 1 aliphatic rings. The van der Waals surface area contributed by atoms with Crippen LogP contribution in [0.3, 0.4) is 0 Å². The number of hydrogen-bond acceptors (Lipinski definition) is 6. The van der Waals surface area contributed by atoms with E-state index >= 15 is 0 Å². The van der Waals surface area contributed by atoms with Crippen molar-refractivity contribution in [1.29, 1.82) is 0 Å². The van der Waals surface area contributed by atoms with Crippen LogP contribution in [-0.2, 0) is 20.7 Å². The molecule has 0 saturated carbocycles. The van der Waals surface area contributed by atoms with E-state index in [0.29, 0.717) is 17.8 Å². The van der Waals surface area contributed by atoms with Crippen LogP contribution in [0.1, 0.15) is 32.7 Å². The SMILES string of the molecule is O=C(COC(=O)c1ccc(N2C(=O)CC(NCCc3ccccc3)C2=O)cc1)c1ccc(Br)cc1. The Morgan fingerprint density at radius 1 is 0.914 bits per heavy atom. The summed E-state index contributed by atoms with van der Waals surface area (Å²) < 4.78 is 5.97.